The van der Waals surface area contributed by atoms with Crippen LogP contribution in [0, 0.1) is 0 Å². The molecule has 0 spiro atoms. The maximum Gasteiger partial charge on any atom is 0.294 e. The summed E-state index contributed by atoms with van der Waals surface area (Å²) in [6.07, 6.45) is 7.14. The van der Waals surface area contributed by atoms with Crippen molar-refractivity contribution < 1.29 is 22.5 Å². The molecule has 0 amide bonds. The minimum absolute atomic E-state index is 0.0757. The summed E-state index contributed by atoms with van der Waals surface area (Å²) in [5.74, 6) is 1.05. The molecule has 1 fully saturated rings. The molecule has 136 valence electrons. The van der Waals surface area contributed by atoms with Gasteiger partial charge in [-0.1, -0.05) is 37.5 Å². The Bertz CT molecular complexity index is 942. The van der Waals surface area contributed by atoms with Gasteiger partial charge in [0.2, 0.25) is 6.08 Å². The molecular weight excluding hydrogens is 354 g/mol. The molecule has 1 aliphatic rings. The van der Waals surface area contributed by atoms with E-state index in [1.54, 1.807) is 6.07 Å². The summed E-state index contributed by atoms with van der Waals surface area (Å²) in [5, 5.41) is 0. The summed E-state index contributed by atoms with van der Waals surface area (Å²) < 4.78 is 38.0. The Hall–Kier alpha value is -2.47. The molecule has 0 saturated heterocycles. The van der Waals surface area contributed by atoms with Gasteiger partial charge < -0.3 is 4.74 Å². The molecule has 0 aromatic heterocycles. The van der Waals surface area contributed by atoms with Crippen LogP contribution in [-0.4, -0.2) is 19.1 Å². The van der Waals surface area contributed by atoms with Crippen LogP contribution in [0.1, 0.15) is 43.6 Å². The van der Waals surface area contributed by atoms with Crippen molar-refractivity contribution >= 4 is 21.9 Å². The van der Waals surface area contributed by atoms with E-state index in [4.69, 9.17) is 4.74 Å². The van der Waals surface area contributed by atoms with Crippen LogP contribution in [0.25, 0.3) is 0 Å². The number of para-hydroxylation sites is 1. The number of nitrogens with zero attached hydrogens (tertiary/aromatic N) is 1. The van der Waals surface area contributed by atoms with E-state index in [2.05, 4.69) is 4.99 Å². The highest BCUT2D eigenvalue weighted by Gasteiger charge is 2.20. The van der Waals surface area contributed by atoms with Gasteiger partial charge in [-0.2, -0.15) is 13.4 Å². The molecule has 0 heterocycles. The van der Waals surface area contributed by atoms with Crippen molar-refractivity contribution in [1.82, 2.24) is 0 Å². The third-order valence-electron chi connectivity index (χ3n) is 4.58. The van der Waals surface area contributed by atoms with E-state index in [0.717, 1.165) is 43.4 Å². The van der Waals surface area contributed by atoms with Crippen LogP contribution in [0.15, 0.2) is 52.4 Å². The van der Waals surface area contributed by atoms with Crippen LogP contribution >= 0.6 is 0 Å². The number of hydrogen-bond donors (Lipinski definition) is 1. The summed E-state index contributed by atoms with van der Waals surface area (Å²) in [6, 6.07) is 11.2. The fourth-order valence-electron chi connectivity index (χ4n) is 3.32. The SMILES string of the molecule is O=C=Nc1ccc(S(=O)(=O)O)cc1Oc1ccccc1C1CCCCC1. The Morgan fingerprint density at radius 1 is 1.04 bits per heavy atom. The molecule has 0 atom stereocenters. The molecule has 2 aromatic rings. The summed E-state index contributed by atoms with van der Waals surface area (Å²) in [7, 11) is -4.40. The molecule has 7 heteroatoms. The van der Waals surface area contributed by atoms with Crippen molar-refractivity contribution in [3.63, 3.8) is 0 Å². The molecule has 0 radical (unpaired) electrons. The van der Waals surface area contributed by atoms with Crippen LogP contribution in [-0.2, 0) is 14.9 Å². The Kier molecular flexibility index (Phi) is 5.52. The van der Waals surface area contributed by atoms with Crippen molar-refractivity contribution in [2.45, 2.75) is 42.9 Å². The molecule has 3 rings (SSSR count). The lowest BCUT2D eigenvalue weighted by Crippen LogP contribution is -2.06. The first-order chi connectivity index (χ1) is 12.5. The Labute approximate surface area is 152 Å². The minimum atomic E-state index is -4.40. The van der Waals surface area contributed by atoms with Crippen molar-refractivity contribution in [1.29, 1.82) is 0 Å². The highest BCUT2D eigenvalue weighted by molar-refractivity contribution is 7.85. The van der Waals surface area contributed by atoms with Crippen molar-refractivity contribution in [3.8, 4) is 11.5 Å². The Morgan fingerprint density at radius 2 is 1.77 bits per heavy atom. The quantitative estimate of drug-likeness (QED) is 0.464. The van der Waals surface area contributed by atoms with Gasteiger partial charge in [0.05, 0.1) is 4.90 Å². The second-order valence-electron chi connectivity index (χ2n) is 6.28. The summed E-state index contributed by atoms with van der Waals surface area (Å²) in [4.78, 5) is 13.9. The number of benzene rings is 2. The van der Waals surface area contributed by atoms with Gasteiger partial charge in [-0.05, 0) is 42.5 Å². The minimum Gasteiger partial charge on any atom is -0.455 e. The van der Waals surface area contributed by atoms with Crippen molar-refractivity contribution in [3.05, 3.63) is 48.0 Å². The molecule has 2 aromatic carbocycles. The van der Waals surface area contributed by atoms with Crippen LogP contribution in [0.3, 0.4) is 0 Å². The molecule has 1 N–H and O–H groups in total. The van der Waals surface area contributed by atoms with Gasteiger partial charge in [0, 0.05) is 6.07 Å². The van der Waals surface area contributed by atoms with E-state index in [9.17, 15) is 17.8 Å². The lowest BCUT2D eigenvalue weighted by molar-refractivity contribution is 0.418. The average Bonchev–Trinajstić information content (AvgIpc) is 2.64. The normalized spacial score (nSPS) is 15.3. The Balaban J connectivity index is 2.01. The molecule has 0 aliphatic heterocycles. The van der Waals surface area contributed by atoms with E-state index < -0.39 is 10.1 Å². The second-order valence-corrected chi connectivity index (χ2v) is 7.70. The fraction of sp³-hybridized carbons (Fsp3) is 0.316. The number of aliphatic imine (C=N–C) groups is 1. The number of ether oxygens (including phenoxy) is 1. The van der Waals surface area contributed by atoms with Crippen molar-refractivity contribution in [2.24, 2.45) is 4.99 Å². The molecule has 1 aliphatic carbocycles. The summed E-state index contributed by atoms with van der Waals surface area (Å²) in [5.41, 5.74) is 1.19. The topological polar surface area (TPSA) is 93.0 Å². The first-order valence-electron chi connectivity index (χ1n) is 8.45. The molecular formula is C19H19NO5S. The third-order valence-corrected chi connectivity index (χ3v) is 5.43. The van der Waals surface area contributed by atoms with Gasteiger partial charge in [0.1, 0.15) is 11.4 Å². The predicted molar refractivity (Wildman–Crippen MR) is 96.4 cm³/mol. The number of isocyanates is 1. The molecule has 0 unspecified atom stereocenters. The Morgan fingerprint density at radius 3 is 2.46 bits per heavy atom. The van der Waals surface area contributed by atoms with E-state index in [-0.39, 0.29) is 16.3 Å². The van der Waals surface area contributed by atoms with Gasteiger partial charge in [0.15, 0.2) is 5.75 Å². The first-order valence-corrected chi connectivity index (χ1v) is 9.89. The van der Waals surface area contributed by atoms with Gasteiger partial charge in [-0.15, -0.1) is 0 Å². The van der Waals surface area contributed by atoms with E-state index >= 15 is 0 Å². The second kappa shape index (κ2) is 7.83. The third kappa shape index (κ3) is 4.19. The number of rotatable bonds is 5. The zero-order chi connectivity index (χ0) is 18.6. The lowest BCUT2D eigenvalue weighted by Gasteiger charge is -2.24. The zero-order valence-electron chi connectivity index (χ0n) is 14.1. The largest absolute Gasteiger partial charge is 0.455 e. The maximum atomic E-state index is 11.4. The standard InChI is InChI=1S/C19H19NO5S/c21-13-20-17-11-10-15(26(22,23)24)12-19(17)25-18-9-5-4-8-16(18)14-6-2-1-3-7-14/h4-5,8-12,14H,1-3,6-7H2,(H,22,23,24). The molecule has 26 heavy (non-hydrogen) atoms. The monoisotopic (exact) mass is 373 g/mol. The fourth-order valence-corrected chi connectivity index (χ4v) is 3.82. The van der Waals surface area contributed by atoms with Crippen LogP contribution < -0.4 is 4.74 Å². The zero-order valence-corrected chi connectivity index (χ0v) is 14.9. The highest BCUT2D eigenvalue weighted by atomic mass is 32.2. The number of carbonyl (C=O) groups excluding carboxylic acids is 1. The number of hydrogen-bond acceptors (Lipinski definition) is 5. The molecule has 0 bridgehead atoms. The predicted octanol–water partition coefficient (Wildman–Crippen LogP) is 4.74. The van der Waals surface area contributed by atoms with Crippen molar-refractivity contribution in [2.75, 3.05) is 0 Å². The van der Waals surface area contributed by atoms with Gasteiger partial charge >= 0.3 is 0 Å². The van der Waals surface area contributed by atoms with E-state index in [1.807, 2.05) is 18.2 Å². The lowest BCUT2D eigenvalue weighted by atomic mass is 9.84. The highest BCUT2D eigenvalue weighted by Crippen LogP contribution is 2.41. The van der Waals surface area contributed by atoms with Crippen LogP contribution in [0.5, 0.6) is 11.5 Å². The van der Waals surface area contributed by atoms with Crippen LogP contribution in [0.4, 0.5) is 5.69 Å². The maximum absolute atomic E-state index is 11.4. The van der Waals surface area contributed by atoms with Gasteiger partial charge in [-0.3, -0.25) is 4.55 Å². The van der Waals surface area contributed by atoms with Gasteiger partial charge in [-0.25, -0.2) is 4.79 Å². The summed E-state index contributed by atoms with van der Waals surface area (Å²) >= 11 is 0. The molecule has 6 nitrogen and oxygen atoms in total. The van der Waals surface area contributed by atoms with Gasteiger partial charge in [0.25, 0.3) is 10.1 Å². The van der Waals surface area contributed by atoms with Crippen LogP contribution in [0.2, 0.25) is 0 Å². The summed E-state index contributed by atoms with van der Waals surface area (Å²) in [6.45, 7) is 0. The molecule has 1 saturated carbocycles. The smallest absolute Gasteiger partial charge is 0.294 e. The average molecular weight is 373 g/mol. The van der Waals surface area contributed by atoms with E-state index in [1.165, 1.54) is 18.6 Å². The van der Waals surface area contributed by atoms with E-state index in [0.29, 0.717) is 11.7 Å². The first kappa shape index (κ1) is 18.3.